The smallest absolute Gasteiger partial charge is 0.232 e. The summed E-state index contributed by atoms with van der Waals surface area (Å²) < 4.78 is 0. The van der Waals surface area contributed by atoms with Crippen molar-refractivity contribution in [3.63, 3.8) is 0 Å². The van der Waals surface area contributed by atoms with Crippen LogP contribution < -0.4 is 5.73 Å². The van der Waals surface area contributed by atoms with Crippen LogP contribution in [0.1, 0.15) is 13.3 Å². The molecule has 2 amide bonds. The van der Waals surface area contributed by atoms with Crippen LogP contribution in [0.3, 0.4) is 0 Å². The molecule has 1 N–H and O–H groups in total. The van der Waals surface area contributed by atoms with E-state index in [1.54, 1.807) is 6.92 Å². The molecule has 4 heteroatoms. The second kappa shape index (κ2) is 3.00. The topological polar surface area (TPSA) is 61.2 Å². The van der Waals surface area contributed by atoms with Gasteiger partial charge in [-0.3, -0.25) is 20.2 Å². The molecule has 1 fully saturated rings. The number of amides is 2. The van der Waals surface area contributed by atoms with Gasteiger partial charge in [0, 0.05) is 25.4 Å². The maximum Gasteiger partial charge on any atom is 0.232 e. The number of carbonyl (C=O) groups excluding carboxylic acids is 2. The van der Waals surface area contributed by atoms with Gasteiger partial charge in [0.05, 0.1) is 0 Å². The Balaban J connectivity index is 2.64. The second-order valence-corrected chi connectivity index (χ2v) is 2.74. The van der Waals surface area contributed by atoms with E-state index in [0.717, 1.165) is 0 Å². The molecule has 0 aromatic carbocycles. The predicted octanol–water partition coefficient (Wildman–Crippen LogP) is -0.336. The highest BCUT2D eigenvalue weighted by Gasteiger charge is 2.34. The first kappa shape index (κ1) is 8.20. The van der Waals surface area contributed by atoms with Gasteiger partial charge in [-0.15, -0.1) is 0 Å². The largest absolute Gasteiger partial charge is 0.281 e. The number of likely N-dealkylation sites (tertiary alicyclic amines) is 1. The van der Waals surface area contributed by atoms with E-state index in [1.807, 2.05) is 0 Å². The normalized spacial score (nSPS) is 24.9. The Labute approximate surface area is 65.3 Å². The van der Waals surface area contributed by atoms with Gasteiger partial charge in [-0.05, 0) is 0 Å². The standard InChI is InChI=1S/C7H11N2O2/c1-5-4-6(10)9(3-2-8)7(5)11/h5,8H,2-4H2,1H3. The molecular weight excluding hydrogens is 144 g/mol. The average Bonchev–Trinajstić information content (AvgIpc) is 2.17. The fraction of sp³-hybridized carbons (Fsp3) is 0.714. The minimum Gasteiger partial charge on any atom is -0.281 e. The van der Waals surface area contributed by atoms with E-state index in [2.05, 4.69) is 0 Å². The molecule has 1 aliphatic rings. The van der Waals surface area contributed by atoms with Crippen molar-refractivity contribution < 1.29 is 9.59 Å². The number of imide groups is 1. The van der Waals surface area contributed by atoms with Gasteiger partial charge < -0.3 is 0 Å². The van der Waals surface area contributed by atoms with Crippen LogP contribution in [-0.4, -0.2) is 29.8 Å². The Morgan fingerprint density at radius 2 is 2.27 bits per heavy atom. The lowest BCUT2D eigenvalue weighted by Crippen LogP contribution is -2.33. The van der Waals surface area contributed by atoms with Crippen molar-refractivity contribution in [1.82, 2.24) is 10.6 Å². The van der Waals surface area contributed by atoms with E-state index < -0.39 is 0 Å². The zero-order valence-corrected chi connectivity index (χ0v) is 6.46. The first-order chi connectivity index (χ1) is 5.16. The lowest BCUT2D eigenvalue weighted by molar-refractivity contribution is -0.139. The Bertz CT molecular complexity index is 191. The molecule has 0 bridgehead atoms. The van der Waals surface area contributed by atoms with Crippen molar-refractivity contribution in [1.29, 1.82) is 0 Å². The maximum absolute atomic E-state index is 11.1. The van der Waals surface area contributed by atoms with E-state index in [1.165, 1.54) is 4.90 Å². The SMILES string of the molecule is CC1CC(=O)N(CC[NH])C1=O. The van der Waals surface area contributed by atoms with Gasteiger partial charge in [-0.2, -0.15) is 0 Å². The molecule has 61 valence electrons. The van der Waals surface area contributed by atoms with E-state index in [9.17, 15) is 9.59 Å². The molecule has 0 aromatic heterocycles. The summed E-state index contributed by atoms with van der Waals surface area (Å²) in [6.45, 7) is 2.09. The zero-order valence-electron chi connectivity index (χ0n) is 6.46. The van der Waals surface area contributed by atoms with Gasteiger partial charge in [-0.25, -0.2) is 0 Å². The monoisotopic (exact) mass is 155 g/mol. The third-order valence-electron chi connectivity index (χ3n) is 1.80. The van der Waals surface area contributed by atoms with Crippen LogP contribution in [0, 0.1) is 5.92 Å². The van der Waals surface area contributed by atoms with Crippen molar-refractivity contribution in [3.8, 4) is 0 Å². The summed E-state index contributed by atoms with van der Waals surface area (Å²) >= 11 is 0. The van der Waals surface area contributed by atoms with Gasteiger partial charge in [-0.1, -0.05) is 6.92 Å². The molecule has 1 atom stereocenters. The Morgan fingerprint density at radius 1 is 1.64 bits per heavy atom. The minimum atomic E-state index is -0.172. The van der Waals surface area contributed by atoms with Crippen LogP contribution in [0.2, 0.25) is 0 Å². The number of carbonyl (C=O) groups is 2. The highest BCUT2D eigenvalue weighted by Crippen LogP contribution is 2.17. The second-order valence-electron chi connectivity index (χ2n) is 2.74. The molecule has 11 heavy (non-hydrogen) atoms. The molecular formula is C7H11N2O2. The molecule has 0 aliphatic carbocycles. The number of nitrogens with one attached hydrogen (secondary N) is 1. The van der Waals surface area contributed by atoms with E-state index in [-0.39, 0.29) is 30.8 Å². The molecule has 1 heterocycles. The summed E-state index contributed by atoms with van der Waals surface area (Å²) in [4.78, 5) is 23.3. The highest BCUT2D eigenvalue weighted by atomic mass is 16.2. The van der Waals surface area contributed by atoms with Crippen LogP contribution >= 0.6 is 0 Å². The summed E-state index contributed by atoms with van der Waals surface area (Å²) in [6.07, 6.45) is 0.318. The Kier molecular flexibility index (Phi) is 2.24. The third kappa shape index (κ3) is 1.40. The van der Waals surface area contributed by atoms with Crippen LogP contribution in [0.15, 0.2) is 0 Å². The molecule has 1 saturated heterocycles. The Hall–Kier alpha value is -0.900. The van der Waals surface area contributed by atoms with Crippen LogP contribution in [0.25, 0.3) is 0 Å². The average molecular weight is 155 g/mol. The van der Waals surface area contributed by atoms with Gasteiger partial charge in [0.2, 0.25) is 11.8 Å². The lowest BCUT2D eigenvalue weighted by Gasteiger charge is -2.11. The van der Waals surface area contributed by atoms with Crippen molar-refractivity contribution in [2.75, 3.05) is 13.1 Å². The maximum atomic E-state index is 11.1. The summed E-state index contributed by atoms with van der Waals surface area (Å²) in [7, 11) is 0. The van der Waals surface area contributed by atoms with Crippen LogP contribution in [-0.2, 0) is 9.59 Å². The fourth-order valence-electron chi connectivity index (χ4n) is 1.20. The van der Waals surface area contributed by atoms with Gasteiger partial charge in [0.1, 0.15) is 0 Å². The summed E-state index contributed by atoms with van der Waals surface area (Å²) in [6, 6.07) is 0. The minimum absolute atomic E-state index is 0.101. The van der Waals surface area contributed by atoms with Crippen molar-refractivity contribution >= 4 is 11.8 Å². The van der Waals surface area contributed by atoms with Crippen LogP contribution in [0.4, 0.5) is 0 Å². The molecule has 1 radical (unpaired) electrons. The van der Waals surface area contributed by atoms with Crippen molar-refractivity contribution in [3.05, 3.63) is 0 Å². The van der Waals surface area contributed by atoms with E-state index >= 15 is 0 Å². The predicted molar refractivity (Wildman–Crippen MR) is 38.5 cm³/mol. The zero-order chi connectivity index (χ0) is 8.43. The lowest BCUT2D eigenvalue weighted by atomic mass is 10.1. The molecule has 0 saturated carbocycles. The fourth-order valence-corrected chi connectivity index (χ4v) is 1.20. The third-order valence-corrected chi connectivity index (χ3v) is 1.80. The quantitative estimate of drug-likeness (QED) is 0.512. The van der Waals surface area contributed by atoms with Gasteiger partial charge >= 0.3 is 0 Å². The van der Waals surface area contributed by atoms with Gasteiger partial charge in [0.15, 0.2) is 0 Å². The van der Waals surface area contributed by atoms with Crippen molar-refractivity contribution in [2.45, 2.75) is 13.3 Å². The number of rotatable bonds is 2. The van der Waals surface area contributed by atoms with Gasteiger partial charge in [0.25, 0.3) is 0 Å². The molecule has 1 unspecified atom stereocenters. The number of hydrogen-bond acceptors (Lipinski definition) is 2. The molecule has 1 aliphatic heterocycles. The summed E-state index contributed by atoms with van der Waals surface area (Å²) in [5, 5.41) is 0. The first-order valence-electron chi connectivity index (χ1n) is 3.65. The number of nitrogens with zero attached hydrogens (tertiary/aromatic N) is 1. The van der Waals surface area contributed by atoms with Crippen LogP contribution in [0.5, 0.6) is 0 Å². The van der Waals surface area contributed by atoms with E-state index in [0.29, 0.717) is 6.42 Å². The van der Waals surface area contributed by atoms with E-state index in [4.69, 9.17) is 5.73 Å². The summed E-state index contributed by atoms with van der Waals surface area (Å²) in [5.74, 6) is -0.425. The summed E-state index contributed by atoms with van der Waals surface area (Å²) in [5.41, 5.74) is 6.87. The Morgan fingerprint density at radius 3 is 2.64 bits per heavy atom. The molecule has 0 spiro atoms. The number of hydrogen-bond donors (Lipinski definition) is 0. The highest BCUT2D eigenvalue weighted by molar-refractivity contribution is 6.03. The van der Waals surface area contributed by atoms with Crippen molar-refractivity contribution in [2.24, 2.45) is 5.92 Å². The molecule has 0 aromatic rings. The molecule has 4 nitrogen and oxygen atoms in total. The first-order valence-corrected chi connectivity index (χ1v) is 3.65. The molecule has 1 rings (SSSR count).